The zero-order chi connectivity index (χ0) is 29.3. The van der Waals surface area contributed by atoms with Gasteiger partial charge in [-0.15, -0.1) is 0 Å². The Balaban J connectivity index is 0.000000178. The fourth-order valence-electron chi connectivity index (χ4n) is 5.55. The van der Waals surface area contributed by atoms with Crippen molar-refractivity contribution in [2.24, 2.45) is 11.8 Å². The normalized spacial score (nSPS) is 23.9. The summed E-state index contributed by atoms with van der Waals surface area (Å²) < 4.78 is 13.1. The van der Waals surface area contributed by atoms with Gasteiger partial charge in [0.1, 0.15) is 0 Å². The lowest BCUT2D eigenvalue weighted by atomic mass is 9.85. The Morgan fingerprint density at radius 2 is 1.41 bits per heavy atom. The molecule has 0 N–H and O–H groups in total. The molecule has 1 fully saturated rings. The number of carbonyl (C=O) groups excluding carboxylic acids is 1. The molecule has 1 heterocycles. The van der Waals surface area contributed by atoms with Gasteiger partial charge in [0, 0.05) is 34.1 Å². The van der Waals surface area contributed by atoms with Crippen LogP contribution in [0.5, 0.6) is 0 Å². The van der Waals surface area contributed by atoms with Gasteiger partial charge in [-0.25, -0.2) is 0 Å². The number of fused-ring (bicyclic) bond motifs is 2. The lowest BCUT2D eigenvalue weighted by Gasteiger charge is -2.22. The van der Waals surface area contributed by atoms with E-state index in [1.54, 1.807) is 0 Å². The first-order chi connectivity index (χ1) is 18.0. The van der Waals surface area contributed by atoms with Crippen molar-refractivity contribution in [1.29, 1.82) is 0 Å². The van der Waals surface area contributed by atoms with Crippen molar-refractivity contribution in [3.05, 3.63) is 66.6 Å². The van der Waals surface area contributed by atoms with E-state index < -0.39 is 0 Å². The van der Waals surface area contributed by atoms with E-state index in [0.717, 1.165) is 29.5 Å². The van der Waals surface area contributed by atoms with Crippen LogP contribution in [0.3, 0.4) is 0 Å². The van der Waals surface area contributed by atoms with Crippen LogP contribution in [0.1, 0.15) is 119 Å². The third-order valence-electron chi connectivity index (χ3n) is 8.14. The summed E-state index contributed by atoms with van der Waals surface area (Å²) in [5.41, 5.74) is 7.78. The van der Waals surface area contributed by atoms with Crippen molar-refractivity contribution >= 4 is 37.6 Å². The Morgan fingerprint density at radius 1 is 0.846 bits per heavy atom. The second-order valence-electron chi connectivity index (χ2n) is 13.6. The number of ketones is 1. The van der Waals surface area contributed by atoms with E-state index in [2.05, 4.69) is 112 Å². The molecule has 0 aromatic heterocycles. The van der Waals surface area contributed by atoms with E-state index in [1.165, 1.54) is 45.1 Å². The van der Waals surface area contributed by atoms with Gasteiger partial charge in [0.25, 0.3) is 0 Å². The minimum atomic E-state index is 0.0870. The molecule has 1 aliphatic heterocycles. The number of Topliss-reactive ketones (excluding diaryl/α,β-unsaturated/α-hetero) is 1. The predicted octanol–water partition coefficient (Wildman–Crippen LogP) is 9.93. The minimum Gasteiger partial charge on any atom is -0.379 e. The predicted molar refractivity (Wildman–Crippen MR) is 170 cm³/mol. The third-order valence-corrected chi connectivity index (χ3v) is 9.56. The van der Waals surface area contributed by atoms with Gasteiger partial charge in [-0.1, -0.05) is 93.3 Å². The molecule has 3 aliphatic rings. The molecule has 2 aliphatic carbocycles. The average molecular weight is 665 g/mol. The molecule has 4 unspecified atom stereocenters. The van der Waals surface area contributed by atoms with Crippen LogP contribution in [0.4, 0.5) is 0 Å². The highest BCUT2D eigenvalue weighted by Gasteiger charge is 2.33. The van der Waals surface area contributed by atoms with Crippen molar-refractivity contribution in [2.75, 3.05) is 13.7 Å². The first-order valence-electron chi connectivity index (χ1n) is 14.4. The maximum atomic E-state index is 12.0. The van der Waals surface area contributed by atoms with Crippen LogP contribution in [-0.4, -0.2) is 25.6 Å². The largest absolute Gasteiger partial charge is 0.379 e. The van der Waals surface area contributed by atoms with Gasteiger partial charge < -0.3 is 9.47 Å². The molecule has 0 saturated carbocycles. The number of hydrogen-bond acceptors (Lipinski definition) is 3. The van der Waals surface area contributed by atoms with Gasteiger partial charge in [-0.3, -0.25) is 4.79 Å². The minimum absolute atomic E-state index is 0.0870. The molecule has 1 saturated heterocycles. The van der Waals surface area contributed by atoms with E-state index in [4.69, 9.17) is 9.47 Å². The molecule has 0 amide bonds. The first kappa shape index (κ1) is 32.5. The molecule has 2 aromatic rings. The molecule has 0 bridgehead atoms. The molecule has 0 radical (unpaired) electrons. The molecule has 2 aromatic carbocycles. The molecular weight excluding hydrogens is 616 g/mol. The topological polar surface area (TPSA) is 35.5 Å². The van der Waals surface area contributed by atoms with Crippen LogP contribution >= 0.6 is 31.9 Å². The molecule has 0 spiro atoms. The van der Waals surface area contributed by atoms with Crippen LogP contribution in [0, 0.1) is 11.8 Å². The summed E-state index contributed by atoms with van der Waals surface area (Å²) in [7, 11) is 1.81. The number of carbonyl (C=O) groups is 1. The zero-order valence-corrected chi connectivity index (χ0v) is 28.8. The zero-order valence-electron chi connectivity index (χ0n) is 25.6. The van der Waals surface area contributed by atoms with Crippen LogP contribution in [0.2, 0.25) is 0 Å². The van der Waals surface area contributed by atoms with Crippen molar-refractivity contribution in [2.45, 2.75) is 111 Å². The fourth-order valence-corrected chi connectivity index (χ4v) is 6.81. The van der Waals surface area contributed by atoms with Gasteiger partial charge in [0.05, 0.1) is 12.2 Å². The Morgan fingerprint density at radius 3 is 1.87 bits per heavy atom. The first-order valence-corrected chi connectivity index (χ1v) is 16.0. The summed E-state index contributed by atoms with van der Waals surface area (Å²) in [5.74, 6) is 1.00. The van der Waals surface area contributed by atoms with Crippen molar-refractivity contribution in [1.82, 2.24) is 0 Å². The SMILES string of the molecule is CC1CCCO1.CC1Cc2c(Br)cc(C(C)(C)C)cc2C1=O.COC1c2cc(C(C)(C)C)cc(Br)c2CC1C. The van der Waals surface area contributed by atoms with Gasteiger partial charge in [0.2, 0.25) is 0 Å². The molecule has 5 heteroatoms. The smallest absolute Gasteiger partial charge is 0.166 e. The maximum Gasteiger partial charge on any atom is 0.166 e. The van der Waals surface area contributed by atoms with Crippen molar-refractivity contribution < 1.29 is 14.3 Å². The number of rotatable bonds is 1. The van der Waals surface area contributed by atoms with E-state index in [1.807, 2.05) is 14.0 Å². The monoisotopic (exact) mass is 662 g/mol. The maximum absolute atomic E-state index is 12.0. The number of hydrogen-bond donors (Lipinski definition) is 0. The highest BCUT2D eigenvalue weighted by molar-refractivity contribution is 9.10. The van der Waals surface area contributed by atoms with E-state index >= 15 is 0 Å². The average Bonchev–Trinajstić information content (AvgIpc) is 3.52. The second-order valence-corrected chi connectivity index (χ2v) is 15.3. The van der Waals surface area contributed by atoms with Crippen LogP contribution in [0.15, 0.2) is 33.2 Å². The number of methoxy groups -OCH3 is 1. The summed E-state index contributed by atoms with van der Waals surface area (Å²) in [6.45, 7) is 20.6. The molecule has 4 atom stereocenters. The highest BCUT2D eigenvalue weighted by Crippen LogP contribution is 2.43. The van der Waals surface area contributed by atoms with Gasteiger partial charge >= 0.3 is 0 Å². The lowest BCUT2D eigenvalue weighted by molar-refractivity contribution is 0.0694. The fraction of sp³-hybridized carbons (Fsp3) is 0.618. The molecule has 39 heavy (non-hydrogen) atoms. The highest BCUT2D eigenvalue weighted by atomic mass is 79.9. The summed E-state index contributed by atoms with van der Waals surface area (Å²) >= 11 is 7.31. The quantitative estimate of drug-likeness (QED) is 0.305. The number of ether oxygens (including phenoxy) is 2. The van der Waals surface area contributed by atoms with Crippen molar-refractivity contribution in [3.8, 4) is 0 Å². The summed E-state index contributed by atoms with van der Waals surface area (Å²) in [6, 6.07) is 8.83. The van der Waals surface area contributed by atoms with E-state index in [-0.39, 0.29) is 22.9 Å². The van der Waals surface area contributed by atoms with Crippen LogP contribution < -0.4 is 0 Å². The van der Waals surface area contributed by atoms with Crippen LogP contribution in [-0.2, 0) is 33.1 Å². The molecule has 3 nitrogen and oxygen atoms in total. The third kappa shape index (κ3) is 7.84. The van der Waals surface area contributed by atoms with E-state index in [0.29, 0.717) is 17.8 Å². The van der Waals surface area contributed by atoms with E-state index in [9.17, 15) is 4.79 Å². The van der Waals surface area contributed by atoms with Gasteiger partial charge in [-0.05, 0) is 95.4 Å². The Bertz CT molecular complexity index is 1170. The second kappa shape index (κ2) is 12.9. The van der Waals surface area contributed by atoms with Gasteiger partial charge in [0.15, 0.2) is 5.78 Å². The Hall–Kier alpha value is -1.01. The molecule has 216 valence electrons. The number of benzene rings is 2. The Kier molecular flexibility index (Phi) is 10.7. The molecule has 5 rings (SSSR count). The van der Waals surface area contributed by atoms with Crippen LogP contribution in [0.25, 0.3) is 0 Å². The summed E-state index contributed by atoms with van der Waals surface area (Å²) in [6.07, 6.45) is 5.31. The van der Waals surface area contributed by atoms with Gasteiger partial charge in [-0.2, -0.15) is 0 Å². The summed E-state index contributed by atoms with van der Waals surface area (Å²) in [4.78, 5) is 12.0. The standard InChI is InChI=1S/C15H21BrO.C14H17BrO.C5H10O/c1-9-6-11-12(14(9)17-5)7-10(8-13(11)16)15(2,3)4;1-8-5-10-11(13(8)16)6-9(7-12(10)15)14(2,3)4;1-5-3-2-4-6-5/h7-9,14H,6H2,1-5H3;6-8H,5H2,1-4H3;5H,2-4H2,1H3. The molecular formula is C34H48Br2O3. The summed E-state index contributed by atoms with van der Waals surface area (Å²) in [5, 5.41) is 0. The van der Waals surface area contributed by atoms with Crippen molar-refractivity contribution in [3.63, 3.8) is 0 Å². The number of halogens is 2. The lowest BCUT2D eigenvalue weighted by Crippen LogP contribution is -2.12. The Labute approximate surface area is 254 Å².